The van der Waals surface area contributed by atoms with Gasteiger partial charge in [0.2, 0.25) is 0 Å². The third-order valence-electron chi connectivity index (χ3n) is 2.07. The fourth-order valence-corrected chi connectivity index (χ4v) is 1.55. The number of H-pyrrole nitrogens is 1. The summed E-state index contributed by atoms with van der Waals surface area (Å²) in [5.74, 6) is 0.700. The summed E-state index contributed by atoms with van der Waals surface area (Å²) in [6.45, 7) is 5.98. The fraction of sp³-hybridized carbons (Fsp3) is 0.700. The number of ether oxygens (including phenoxy) is 1. The number of rotatable bonds is 5. The Morgan fingerprint density at radius 3 is 2.86 bits per heavy atom. The summed E-state index contributed by atoms with van der Waals surface area (Å²) in [6.07, 6.45) is 1.14. The Morgan fingerprint density at radius 2 is 2.29 bits per heavy atom. The summed E-state index contributed by atoms with van der Waals surface area (Å²) in [7, 11) is 1.68. The van der Waals surface area contributed by atoms with Crippen LogP contribution < -0.4 is 0 Å². The first kappa shape index (κ1) is 11.5. The lowest BCUT2D eigenvalue weighted by Gasteiger charge is -2.05. The van der Waals surface area contributed by atoms with E-state index in [1.165, 1.54) is 0 Å². The average Bonchev–Trinajstić information content (AvgIpc) is 2.44. The van der Waals surface area contributed by atoms with Crippen LogP contribution in [0.25, 0.3) is 0 Å². The molecule has 0 bridgehead atoms. The van der Waals surface area contributed by atoms with Gasteiger partial charge in [0.05, 0.1) is 12.3 Å². The molecule has 0 amide bonds. The van der Waals surface area contributed by atoms with Crippen molar-refractivity contribution in [3.63, 3.8) is 0 Å². The summed E-state index contributed by atoms with van der Waals surface area (Å²) in [5, 5.41) is 3.23. The van der Waals surface area contributed by atoms with E-state index in [1.54, 1.807) is 7.11 Å². The van der Waals surface area contributed by atoms with E-state index in [1.807, 2.05) is 10.7 Å². The van der Waals surface area contributed by atoms with Crippen molar-refractivity contribution < 1.29 is 4.74 Å². The number of nitrogens with zero attached hydrogens (tertiary/aromatic N) is 1. The molecule has 0 aliphatic heterocycles. The highest BCUT2D eigenvalue weighted by molar-refractivity contribution is 7.71. The summed E-state index contributed by atoms with van der Waals surface area (Å²) >= 11 is 5.22. The summed E-state index contributed by atoms with van der Waals surface area (Å²) in [5.41, 5.74) is 1.04. The lowest BCUT2D eigenvalue weighted by Crippen LogP contribution is -2.04. The number of hydrogen-bond donors (Lipinski definition) is 1. The van der Waals surface area contributed by atoms with Crippen LogP contribution in [0.15, 0.2) is 6.07 Å². The van der Waals surface area contributed by atoms with Gasteiger partial charge in [0.1, 0.15) is 4.64 Å². The number of aromatic amines is 1. The Morgan fingerprint density at radius 1 is 1.57 bits per heavy atom. The van der Waals surface area contributed by atoms with Gasteiger partial charge < -0.3 is 4.74 Å². The van der Waals surface area contributed by atoms with Gasteiger partial charge in [-0.2, -0.15) is 0 Å². The standard InChI is InChI=1S/C10H18N2OS/c1-8(2)4-5-12-10(14)6-9(11-12)7-13-3/h6,8,11H,4-5,7H2,1-3H3. The zero-order chi connectivity index (χ0) is 10.6. The number of aromatic nitrogens is 2. The molecule has 0 saturated carbocycles. The molecule has 14 heavy (non-hydrogen) atoms. The van der Waals surface area contributed by atoms with Crippen LogP contribution in [0.2, 0.25) is 0 Å². The minimum absolute atomic E-state index is 0.596. The van der Waals surface area contributed by atoms with Crippen LogP contribution in [-0.4, -0.2) is 16.9 Å². The van der Waals surface area contributed by atoms with Crippen molar-refractivity contribution in [2.45, 2.75) is 33.4 Å². The topological polar surface area (TPSA) is 29.9 Å². The zero-order valence-corrected chi connectivity index (χ0v) is 9.86. The SMILES string of the molecule is COCc1cc(=S)n(CCC(C)C)[nH]1. The predicted molar refractivity (Wildman–Crippen MR) is 59.8 cm³/mol. The first-order valence-electron chi connectivity index (χ1n) is 4.91. The molecule has 3 nitrogen and oxygen atoms in total. The van der Waals surface area contributed by atoms with E-state index < -0.39 is 0 Å². The molecule has 4 heteroatoms. The Kier molecular flexibility index (Phi) is 4.35. The van der Waals surface area contributed by atoms with E-state index in [2.05, 4.69) is 18.9 Å². The normalized spacial score (nSPS) is 11.1. The van der Waals surface area contributed by atoms with Crippen molar-refractivity contribution in [2.24, 2.45) is 5.92 Å². The molecular formula is C10H18N2OS. The minimum Gasteiger partial charge on any atom is -0.378 e. The molecule has 1 rings (SSSR count). The molecule has 0 saturated heterocycles. The van der Waals surface area contributed by atoms with E-state index in [4.69, 9.17) is 17.0 Å². The maximum Gasteiger partial charge on any atom is 0.122 e. The number of nitrogens with one attached hydrogen (secondary N) is 1. The smallest absolute Gasteiger partial charge is 0.122 e. The maximum atomic E-state index is 5.22. The number of hydrogen-bond acceptors (Lipinski definition) is 2. The molecule has 80 valence electrons. The van der Waals surface area contributed by atoms with Crippen molar-refractivity contribution >= 4 is 12.2 Å². The van der Waals surface area contributed by atoms with Crippen LogP contribution in [0.3, 0.4) is 0 Å². The van der Waals surface area contributed by atoms with Crippen LogP contribution in [0.4, 0.5) is 0 Å². The number of aryl methyl sites for hydroxylation is 1. The molecule has 0 aliphatic carbocycles. The molecule has 0 unspecified atom stereocenters. The van der Waals surface area contributed by atoms with Crippen LogP contribution >= 0.6 is 12.2 Å². The van der Waals surface area contributed by atoms with Gasteiger partial charge in [-0.15, -0.1) is 0 Å². The minimum atomic E-state index is 0.596. The van der Waals surface area contributed by atoms with Gasteiger partial charge in [-0.25, -0.2) is 0 Å². The van der Waals surface area contributed by atoms with Gasteiger partial charge in [-0.3, -0.25) is 9.78 Å². The molecule has 0 spiro atoms. The summed E-state index contributed by atoms with van der Waals surface area (Å²) < 4.78 is 7.89. The molecule has 1 N–H and O–H groups in total. The Hall–Kier alpha value is -0.610. The molecule has 0 aromatic carbocycles. The van der Waals surface area contributed by atoms with Crippen LogP contribution in [0.5, 0.6) is 0 Å². The molecule has 0 aliphatic rings. The summed E-state index contributed by atoms with van der Waals surface area (Å²) in [4.78, 5) is 0. The van der Waals surface area contributed by atoms with Crippen LogP contribution in [-0.2, 0) is 17.9 Å². The van der Waals surface area contributed by atoms with E-state index >= 15 is 0 Å². The summed E-state index contributed by atoms with van der Waals surface area (Å²) in [6, 6.07) is 1.96. The first-order chi connectivity index (χ1) is 6.63. The van der Waals surface area contributed by atoms with Gasteiger partial charge in [0, 0.05) is 13.7 Å². The molecule has 1 aromatic heterocycles. The van der Waals surface area contributed by atoms with Gasteiger partial charge >= 0.3 is 0 Å². The second-order valence-electron chi connectivity index (χ2n) is 3.89. The van der Waals surface area contributed by atoms with Gasteiger partial charge in [-0.05, 0) is 18.4 Å². The van der Waals surface area contributed by atoms with Gasteiger partial charge in [0.25, 0.3) is 0 Å². The predicted octanol–water partition coefficient (Wildman–Crippen LogP) is 2.74. The van der Waals surface area contributed by atoms with Crippen molar-refractivity contribution in [2.75, 3.05) is 7.11 Å². The van der Waals surface area contributed by atoms with E-state index in [-0.39, 0.29) is 0 Å². The van der Waals surface area contributed by atoms with Crippen molar-refractivity contribution in [1.29, 1.82) is 0 Å². The van der Waals surface area contributed by atoms with Crippen molar-refractivity contribution in [3.8, 4) is 0 Å². The maximum absolute atomic E-state index is 5.22. The average molecular weight is 214 g/mol. The zero-order valence-electron chi connectivity index (χ0n) is 9.04. The second kappa shape index (κ2) is 5.32. The highest BCUT2D eigenvalue weighted by Gasteiger charge is 2.00. The quantitative estimate of drug-likeness (QED) is 0.764. The largest absolute Gasteiger partial charge is 0.378 e. The highest BCUT2D eigenvalue weighted by Crippen LogP contribution is 2.05. The number of methoxy groups -OCH3 is 1. The Balaban J connectivity index is 2.63. The lowest BCUT2D eigenvalue weighted by molar-refractivity contribution is 0.180. The Labute approximate surface area is 90.1 Å². The van der Waals surface area contributed by atoms with Gasteiger partial charge in [-0.1, -0.05) is 26.1 Å². The van der Waals surface area contributed by atoms with Crippen LogP contribution in [0.1, 0.15) is 26.0 Å². The fourth-order valence-electron chi connectivity index (χ4n) is 1.27. The monoisotopic (exact) mass is 214 g/mol. The Bertz CT molecular complexity index is 327. The molecule has 1 heterocycles. The highest BCUT2D eigenvalue weighted by atomic mass is 32.1. The molecule has 1 aromatic rings. The molecular weight excluding hydrogens is 196 g/mol. The van der Waals surface area contributed by atoms with Crippen molar-refractivity contribution in [1.82, 2.24) is 9.78 Å². The molecule has 0 fully saturated rings. The van der Waals surface area contributed by atoms with E-state index in [0.29, 0.717) is 12.5 Å². The van der Waals surface area contributed by atoms with Crippen LogP contribution in [0, 0.1) is 10.6 Å². The van der Waals surface area contributed by atoms with Crippen molar-refractivity contribution in [3.05, 3.63) is 16.4 Å². The van der Waals surface area contributed by atoms with E-state index in [9.17, 15) is 0 Å². The third-order valence-corrected chi connectivity index (χ3v) is 2.41. The van der Waals surface area contributed by atoms with Gasteiger partial charge in [0.15, 0.2) is 0 Å². The van der Waals surface area contributed by atoms with E-state index in [0.717, 1.165) is 23.3 Å². The first-order valence-corrected chi connectivity index (χ1v) is 5.32. The lowest BCUT2D eigenvalue weighted by atomic mass is 10.1. The second-order valence-corrected chi connectivity index (χ2v) is 4.31. The third kappa shape index (κ3) is 3.27. The molecule has 0 atom stereocenters. The molecule has 0 radical (unpaired) electrons.